The average molecular weight is 562 g/mol. The molecule has 0 aromatic rings. The van der Waals surface area contributed by atoms with Crippen LogP contribution in [0.5, 0.6) is 0 Å². The third kappa shape index (κ3) is 16.6. The molecule has 2 unspecified atom stereocenters. The summed E-state index contributed by atoms with van der Waals surface area (Å²) < 4.78 is 13.2. The van der Waals surface area contributed by atoms with E-state index in [0.29, 0.717) is 0 Å². The summed E-state index contributed by atoms with van der Waals surface area (Å²) in [7, 11) is 0. The van der Waals surface area contributed by atoms with Gasteiger partial charge in [0, 0.05) is 0 Å². The summed E-state index contributed by atoms with van der Waals surface area (Å²) in [6.07, 6.45) is 27.3. The van der Waals surface area contributed by atoms with Crippen LogP contribution in [0.4, 0.5) is 0 Å². The first-order valence-electron chi connectivity index (χ1n) is 13.4. The maximum atomic E-state index is 5.84. The second-order valence-electron chi connectivity index (χ2n) is 11.6. The van der Waals surface area contributed by atoms with E-state index < -0.39 is 0 Å². The Hall–Kier alpha value is 0.174. The normalized spacial score (nSPS) is 19.1. The van der Waals surface area contributed by atoms with Crippen LogP contribution in [-0.2, 0) is 28.6 Å². The minimum absolute atomic E-state index is 0. The van der Waals surface area contributed by atoms with Crippen molar-refractivity contribution >= 4 is 0 Å². The van der Waals surface area contributed by atoms with Gasteiger partial charge in [0.25, 0.3) is 0 Å². The zero-order valence-corrected chi connectivity index (χ0v) is 26.2. The summed E-state index contributed by atoms with van der Waals surface area (Å²) in [6, 6.07) is 0. The van der Waals surface area contributed by atoms with E-state index in [-0.39, 0.29) is 55.2 Å². The minimum Gasteiger partial charge on any atom is -1.00 e. The summed E-state index contributed by atoms with van der Waals surface area (Å²) in [5, 5.41) is 0. The number of hydrogen-bond acceptors (Lipinski definition) is 2. The molecule has 0 fully saturated rings. The third-order valence-corrected chi connectivity index (χ3v) is 9.06. The van der Waals surface area contributed by atoms with Crippen molar-refractivity contribution in [2.45, 2.75) is 125 Å². The van der Waals surface area contributed by atoms with Crippen LogP contribution < -0.4 is 24.8 Å². The Bertz CT molecular complexity index is 625. The van der Waals surface area contributed by atoms with Gasteiger partial charge in [-0.3, -0.25) is 0 Å². The molecule has 2 aliphatic rings. The Morgan fingerprint density at radius 1 is 0.600 bits per heavy atom. The average Bonchev–Trinajstić information content (AvgIpc) is 3.34. The molecule has 0 aliphatic heterocycles. The molecule has 0 saturated heterocycles. The largest absolute Gasteiger partial charge is 1.00 e. The number of hydrogen-bond donors (Lipinski definition) is 0. The van der Waals surface area contributed by atoms with Gasteiger partial charge >= 0.3 is 215 Å². The van der Waals surface area contributed by atoms with E-state index in [1.165, 1.54) is 64.2 Å². The van der Waals surface area contributed by atoms with Gasteiger partial charge in [-0.05, 0) is 0 Å². The first-order valence-corrected chi connectivity index (χ1v) is 15.2. The predicted molar refractivity (Wildman–Crippen MR) is 140 cm³/mol. The van der Waals surface area contributed by atoms with Crippen molar-refractivity contribution < 1.29 is 53.4 Å². The number of unbranched alkanes of at least 4 members (excludes halogenated alkanes) is 6. The molecule has 0 saturated carbocycles. The van der Waals surface area contributed by atoms with Crippen LogP contribution in [0.1, 0.15) is 106 Å². The quantitative estimate of drug-likeness (QED) is 0.213. The predicted octanol–water partition coefficient (Wildman–Crippen LogP) is 3.18. The van der Waals surface area contributed by atoms with Gasteiger partial charge in [-0.25, -0.2) is 0 Å². The topological polar surface area (TPSA) is 18.5 Å². The Morgan fingerprint density at radius 2 is 0.971 bits per heavy atom. The minimum atomic E-state index is -0.0615. The Balaban J connectivity index is 0.00000578. The molecule has 2 nitrogen and oxygen atoms in total. The molecule has 0 bridgehead atoms. The van der Waals surface area contributed by atoms with E-state index in [9.17, 15) is 0 Å². The maximum Gasteiger partial charge on any atom is -1.00 e. The number of allylic oxidation sites excluding steroid dienone is 8. The molecule has 0 heterocycles. The third-order valence-electron chi connectivity index (χ3n) is 6.18. The van der Waals surface area contributed by atoms with Crippen molar-refractivity contribution in [2.75, 3.05) is 13.2 Å². The van der Waals surface area contributed by atoms with Gasteiger partial charge in [0.2, 0.25) is 0 Å². The molecule has 0 radical (unpaired) electrons. The van der Waals surface area contributed by atoms with E-state index in [0.717, 1.165) is 21.7 Å². The van der Waals surface area contributed by atoms with E-state index in [1.807, 2.05) is 0 Å². The molecule has 0 aromatic carbocycles. The SMILES string of the molecule is CC(C)(C)OCCCCCCC1=CC=C[CH]1[Ti+2][CH]1C=CC=C1CCCCCCOC(C)(C)C.[Cl-].[Cl-]. The fraction of sp³-hybridized carbons (Fsp3) is 0.733. The standard InChI is InChI=1S/2C15H25O.2ClH.Ti/c2*1-15(2,3)16-13-9-5-4-6-10-14-11-7-8-12-14;;;/h2*7-8,11-12H,4-6,9-10,13H2,1-3H3;2*1H;/q;;;;+2/p-2. The van der Waals surface area contributed by atoms with Crippen molar-refractivity contribution in [3.63, 3.8) is 0 Å². The number of rotatable bonds is 16. The van der Waals surface area contributed by atoms with Crippen LogP contribution >= 0.6 is 0 Å². The molecule has 0 N–H and O–H groups in total. The molecule has 0 amide bonds. The van der Waals surface area contributed by atoms with Crippen LogP contribution in [0, 0.1) is 0 Å². The van der Waals surface area contributed by atoms with Crippen molar-refractivity contribution in [1.29, 1.82) is 0 Å². The van der Waals surface area contributed by atoms with E-state index in [4.69, 9.17) is 9.47 Å². The maximum absolute atomic E-state index is 5.84. The summed E-state index contributed by atoms with van der Waals surface area (Å²) in [5.41, 5.74) is 3.42. The summed E-state index contributed by atoms with van der Waals surface area (Å²) in [4.78, 5) is 0. The zero-order valence-electron chi connectivity index (χ0n) is 23.2. The van der Waals surface area contributed by atoms with E-state index >= 15 is 0 Å². The van der Waals surface area contributed by atoms with Crippen molar-refractivity contribution in [2.24, 2.45) is 0 Å². The summed E-state index contributed by atoms with van der Waals surface area (Å²) in [6.45, 7) is 14.6. The molecule has 2 atom stereocenters. The van der Waals surface area contributed by atoms with Crippen molar-refractivity contribution in [3.05, 3.63) is 47.6 Å². The number of halogens is 2. The molecular weight excluding hydrogens is 511 g/mol. The van der Waals surface area contributed by atoms with Crippen LogP contribution in [0.3, 0.4) is 0 Å². The van der Waals surface area contributed by atoms with Gasteiger partial charge in [-0.1, -0.05) is 0 Å². The van der Waals surface area contributed by atoms with Gasteiger partial charge in [0.1, 0.15) is 0 Å². The molecule has 35 heavy (non-hydrogen) atoms. The van der Waals surface area contributed by atoms with Crippen molar-refractivity contribution in [3.8, 4) is 0 Å². The zero-order chi connectivity index (χ0) is 24.2. The first kappa shape index (κ1) is 35.2. The Morgan fingerprint density at radius 3 is 1.34 bits per heavy atom. The molecule has 200 valence electrons. The van der Waals surface area contributed by atoms with E-state index in [2.05, 4.69) is 78.0 Å². The van der Waals surface area contributed by atoms with Gasteiger partial charge in [-0.15, -0.1) is 0 Å². The van der Waals surface area contributed by atoms with Crippen LogP contribution in [0.25, 0.3) is 0 Å². The first-order chi connectivity index (χ1) is 15.6. The monoisotopic (exact) mass is 560 g/mol. The second-order valence-corrected chi connectivity index (χ2v) is 14.1. The Kier molecular flexibility index (Phi) is 18.5. The van der Waals surface area contributed by atoms with Crippen molar-refractivity contribution in [1.82, 2.24) is 0 Å². The molecule has 5 heteroatoms. The molecular formula is C30H50Cl2O2Ti. The molecule has 2 aliphatic carbocycles. The van der Waals surface area contributed by atoms with Gasteiger partial charge < -0.3 is 24.8 Å². The molecule has 2 rings (SSSR count). The Labute approximate surface area is 238 Å². The fourth-order valence-corrected chi connectivity index (χ4v) is 7.08. The van der Waals surface area contributed by atoms with Crippen LogP contribution in [0.15, 0.2) is 47.6 Å². The fourth-order valence-electron chi connectivity index (χ4n) is 4.36. The second kappa shape index (κ2) is 18.4. The van der Waals surface area contributed by atoms with Crippen LogP contribution in [0.2, 0.25) is 8.45 Å². The molecule has 0 spiro atoms. The summed E-state index contributed by atoms with van der Waals surface area (Å²) in [5.74, 6) is 0. The van der Waals surface area contributed by atoms with E-state index in [1.54, 1.807) is 11.1 Å². The number of ether oxygens (including phenoxy) is 2. The van der Waals surface area contributed by atoms with Gasteiger partial charge in [0.15, 0.2) is 0 Å². The molecule has 0 aromatic heterocycles. The summed E-state index contributed by atoms with van der Waals surface area (Å²) >= 11 is -0.0615. The smallest absolute Gasteiger partial charge is 1.00 e. The van der Waals surface area contributed by atoms with Crippen LogP contribution in [-0.4, -0.2) is 24.4 Å². The van der Waals surface area contributed by atoms with Gasteiger partial charge in [0.05, 0.1) is 0 Å². The van der Waals surface area contributed by atoms with Gasteiger partial charge in [-0.2, -0.15) is 0 Å².